The molecule has 0 amide bonds. The first-order chi connectivity index (χ1) is 9.68. The first-order valence-corrected chi connectivity index (χ1v) is 8.32. The molecule has 1 aliphatic rings. The Morgan fingerprint density at radius 3 is 2.40 bits per heavy atom. The van der Waals surface area contributed by atoms with Gasteiger partial charge in [0, 0.05) is 9.89 Å². The summed E-state index contributed by atoms with van der Waals surface area (Å²) in [7, 11) is 0. The van der Waals surface area contributed by atoms with Crippen molar-refractivity contribution in [2.75, 3.05) is 0 Å². The average molecular weight is 333 g/mol. The zero-order valence-electron chi connectivity index (χ0n) is 11.9. The molecule has 1 N–H and O–H groups in total. The van der Waals surface area contributed by atoms with Crippen LogP contribution < -0.4 is 0 Å². The fraction of sp³-hybridized carbons (Fsp3) is 0.444. The fourth-order valence-corrected chi connectivity index (χ4v) is 4.23. The van der Waals surface area contributed by atoms with Gasteiger partial charge in [-0.1, -0.05) is 66.0 Å². The Labute approximate surface area is 129 Å². The third-order valence-corrected chi connectivity index (χ3v) is 5.77. The van der Waals surface area contributed by atoms with Crippen LogP contribution in [0.1, 0.15) is 50.7 Å². The highest BCUT2D eigenvalue weighted by Gasteiger charge is 2.40. The highest BCUT2D eigenvalue weighted by atomic mass is 79.9. The molecular weight excluding hydrogens is 312 g/mol. The molecule has 1 nitrogen and oxygen atoms in total. The van der Waals surface area contributed by atoms with E-state index in [-0.39, 0.29) is 11.5 Å². The quantitative estimate of drug-likeness (QED) is 0.774. The molecule has 0 bridgehead atoms. The van der Waals surface area contributed by atoms with Crippen molar-refractivity contribution >= 4 is 26.7 Å². The Kier molecular flexibility index (Phi) is 3.87. The van der Waals surface area contributed by atoms with Crippen molar-refractivity contribution in [3.8, 4) is 0 Å². The highest BCUT2D eigenvalue weighted by Crippen LogP contribution is 2.51. The van der Waals surface area contributed by atoms with E-state index in [0.717, 1.165) is 29.3 Å². The zero-order valence-corrected chi connectivity index (χ0v) is 13.5. The van der Waals surface area contributed by atoms with Gasteiger partial charge in [0.05, 0.1) is 6.10 Å². The lowest BCUT2D eigenvalue weighted by Gasteiger charge is -2.34. The van der Waals surface area contributed by atoms with Gasteiger partial charge < -0.3 is 5.11 Å². The molecule has 20 heavy (non-hydrogen) atoms. The van der Waals surface area contributed by atoms with Gasteiger partial charge >= 0.3 is 0 Å². The number of halogens is 1. The molecule has 2 aromatic rings. The Morgan fingerprint density at radius 1 is 1.10 bits per heavy atom. The summed E-state index contributed by atoms with van der Waals surface area (Å²) in [6, 6.07) is 12.5. The molecular formula is C18H21BrO. The SMILES string of the molecule is CCC1(C(O)c2ccc(Br)c3ccccc23)CCCC1. The number of aliphatic hydroxyl groups excluding tert-OH is 1. The summed E-state index contributed by atoms with van der Waals surface area (Å²) in [5.74, 6) is 0. The first-order valence-electron chi connectivity index (χ1n) is 7.53. The van der Waals surface area contributed by atoms with Crippen LogP contribution in [-0.2, 0) is 0 Å². The van der Waals surface area contributed by atoms with Gasteiger partial charge in [-0.3, -0.25) is 0 Å². The van der Waals surface area contributed by atoms with Gasteiger partial charge in [-0.2, -0.15) is 0 Å². The van der Waals surface area contributed by atoms with Crippen molar-refractivity contribution in [1.29, 1.82) is 0 Å². The lowest BCUT2D eigenvalue weighted by atomic mass is 9.74. The molecule has 0 saturated heterocycles. The zero-order chi connectivity index (χ0) is 14.2. The van der Waals surface area contributed by atoms with Gasteiger partial charge in [0.1, 0.15) is 0 Å². The molecule has 106 valence electrons. The van der Waals surface area contributed by atoms with E-state index in [1.54, 1.807) is 0 Å². The van der Waals surface area contributed by atoms with Crippen molar-refractivity contribution in [2.24, 2.45) is 5.41 Å². The van der Waals surface area contributed by atoms with E-state index in [0.29, 0.717) is 0 Å². The molecule has 0 aliphatic heterocycles. The number of hydrogen-bond donors (Lipinski definition) is 1. The van der Waals surface area contributed by atoms with Crippen LogP contribution in [0.2, 0.25) is 0 Å². The van der Waals surface area contributed by atoms with E-state index < -0.39 is 0 Å². The summed E-state index contributed by atoms with van der Waals surface area (Å²) >= 11 is 3.61. The van der Waals surface area contributed by atoms with Gasteiger partial charge in [-0.25, -0.2) is 0 Å². The van der Waals surface area contributed by atoms with Crippen molar-refractivity contribution in [2.45, 2.75) is 45.1 Å². The van der Waals surface area contributed by atoms with Crippen LogP contribution >= 0.6 is 15.9 Å². The van der Waals surface area contributed by atoms with E-state index in [9.17, 15) is 5.11 Å². The predicted octanol–water partition coefficient (Wildman–Crippen LogP) is 5.61. The summed E-state index contributed by atoms with van der Waals surface area (Å²) in [4.78, 5) is 0. The minimum atomic E-state index is -0.354. The number of rotatable bonds is 3. The lowest BCUT2D eigenvalue weighted by Crippen LogP contribution is -2.25. The van der Waals surface area contributed by atoms with Crippen molar-refractivity contribution in [3.63, 3.8) is 0 Å². The molecule has 2 aromatic carbocycles. The second-order valence-corrected chi connectivity index (χ2v) is 6.86. The Bertz CT molecular complexity index is 614. The van der Waals surface area contributed by atoms with E-state index in [4.69, 9.17) is 0 Å². The minimum Gasteiger partial charge on any atom is -0.388 e. The molecule has 1 unspecified atom stereocenters. The van der Waals surface area contributed by atoms with Crippen molar-refractivity contribution in [1.82, 2.24) is 0 Å². The maximum Gasteiger partial charge on any atom is 0.0852 e. The third-order valence-electron chi connectivity index (χ3n) is 5.08. The highest BCUT2D eigenvalue weighted by molar-refractivity contribution is 9.10. The van der Waals surface area contributed by atoms with Gasteiger partial charge in [0.15, 0.2) is 0 Å². The van der Waals surface area contributed by atoms with E-state index >= 15 is 0 Å². The minimum absolute atomic E-state index is 0.0800. The molecule has 0 aromatic heterocycles. The van der Waals surface area contributed by atoms with Crippen LogP contribution in [0.4, 0.5) is 0 Å². The van der Waals surface area contributed by atoms with Crippen LogP contribution in [-0.4, -0.2) is 5.11 Å². The van der Waals surface area contributed by atoms with Crippen molar-refractivity contribution in [3.05, 3.63) is 46.4 Å². The van der Waals surface area contributed by atoms with Gasteiger partial charge in [0.2, 0.25) is 0 Å². The average Bonchev–Trinajstić information content (AvgIpc) is 2.97. The number of aliphatic hydroxyl groups is 1. The Morgan fingerprint density at radius 2 is 1.75 bits per heavy atom. The van der Waals surface area contributed by atoms with E-state index in [1.165, 1.54) is 23.6 Å². The van der Waals surface area contributed by atoms with Crippen LogP contribution in [0.5, 0.6) is 0 Å². The Balaban J connectivity index is 2.12. The van der Waals surface area contributed by atoms with Crippen LogP contribution in [0.25, 0.3) is 10.8 Å². The molecule has 0 heterocycles. The summed E-state index contributed by atoms with van der Waals surface area (Å²) in [6.07, 6.45) is 5.49. The summed E-state index contributed by atoms with van der Waals surface area (Å²) < 4.78 is 1.10. The summed E-state index contributed by atoms with van der Waals surface area (Å²) in [5, 5.41) is 13.4. The van der Waals surface area contributed by atoms with Gasteiger partial charge in [-0.05, 0) is 41.7 Å². The number of fused-ring (bicyclic) bond motifs is 1. The molecule has 1 atom stereocenters. The van der Waals surface area contributed by atoms with Crippen LogP contribution in [0.3, 0.4) is 0 Å². The van der Waals surface area contributed by atoms with Gasteiger partial charge in [0.25, 0.3) is 0 Å². The number of hydrogen-bond acceptors (Lipinski definition) is 1. The third kappa shape index (κ3) is 2.19. The fourth-order valence-electron chi connectivity index (χ4n) is 3.75. The van der Waals surface area contributed by atoms with Gasteiger partial charge in [-0.15, -0.1) is 0 Å². The largest absolute Gasteiger partial charge is 0.388 e. The monoisotopic (exact) mass is 332 g/mol. The molecule has 1 fully saturated rings. The first kappa shape index (κ1) is 14.1. The maximum absolute atomic E-state index is 11.0. The topological polar surface area (TPSA) is 20.2 Å². The summed E-state index contributed by atoms with van der Waals surface area (Å²) in [6.45, 7) is 2.22. The molecule has 3 rings (SSSR count). The second-order valence-electron chi connectivity index (χ2n) is 6.01. The smallest absolute Gasteiger partial charge is 0.0852 e. The lowest BCUT2D eigenvalue weighted by molar-refractivity contribution is 0.0249. The maximum atomic E-state index is 11.0. The number of benzene rings is 2. The molecule has 1 aliphatic carbocycles. The Hall–Kier alpha value is -0.860. The molecule has 0 radical (unpaired) electrons. The molecule has 0 spiro atoms. The van der Waals surface area contributed by atoms with Crippen molar-refractivity contribution < 1.29 is 5.11 Å². The van der Waals surface area contributed by atoms with Crippen LogP contribution in [0.15, 0.2) is 40.9 Å². The normalized spacial score (nSPS) is 19.4. The van der Waals surface area contributed by atoms with E-state index in [2.05, 4.69) is 59.3 Å². The molecule has 2 heteroatoms. The molecule has 1 saturated carbocycles. The standard InChI is InChI=1S/C18H21BrO/c1-2-18(11-5-6-12-18)17(20)15-9-10-16(19)14-8-4-3-7-13(14)15/h3-4,7-10,17,20H,2,5-6,11-12H2,1H3. The van der Waals surface area contributed by atoms with Crippen LogP contribution in [0, 0.1) is 5.41 Å². The second kappa shape index (κ2) is 5.50. The summed E-state index contributed by atoms with van der Waals surface area (Å²) in [5.41, 5.74) is 1.17. The van der Waals surface area contributed by atoms with E-state index in [1.807, 2.05) is 0 Å². The predicted molar refractivity (Wildman–Crippen MR) is 87.8 cm³/mol.